The van der Waals surface area contributed by atoms with Crippen LogP contribution in [0, 0.1) is 0 Å². The molecule has 1 unspecified atom stereocenters. The molecule has 6 nitrogen and oxygen atoms in total. The largest absolute Gasteiger partial charge is 0.462 e. The normalized spacial score (nSPS) is 12.0. The Morgan fingerprint density at radius 3 is 0.642 bits per heavy atom. The van der Waals surface area contributed by atoms with Crippen molar-refractivity contribution in [1.82, 2.24) is 0 Å². The van der Waals surface area contributed by atoms with E-state index in [9.17, 15) is 14.4 Å². The average Bonchev–Trinajstić information content (AvgIpc) is 3.47. The lowest BCUT2D eigenvalue weighted by atomic mass is 10.0. The number of ether oxygens (including phenoxy) is 3. The molecule has 0 aromatic carbocycles. The van der Waals surface area contributed by atoms with Gasteiger partial charge in [0.15, 0.2) is 6.10 Å². The first-order valence-electron chi connectivity index (χ1n) is 37.2. The highest BCUT2D eigenvalue weighted by Gasteiger charge is 2.20. The van der Waals surface area contributed by atoms with Crippen molar-refractivity contribution >= 4 is 17.9 Å². The Hall–Kier alpha value is -1.85. The van der Waals surface area contributed by atoms with Crippen LogP contribution in [0.5, 0.6) is 0 Å². The highest BCUT2D eigenvalue weighted by molar-refractivity contribution is 5.71. The highest BCUT2D eigenvalue weighted by atomic mass is 16.6. The van der Waals surface area contributed by atoms with Crippen molar-refractivity contribution in [2.45, 2.75) is 438 Å². The van der Waals surface area contributed by atoms with Gasteiger partial charge >= 0.3 is 17.9 Å². The van der Waals surface area contributed by atoms with Gasteiger partial charge in [0.25, 0.3) is 0 Å². The van der Waals surface area contributed by atoms with Gasteiger partial charge in [0, 0.05) is 19.3 Å². The Morgan fingerprint density at radius 2 is 0.407 bits per heavy atom. The van der Waals surface area contributed by atoms with Gasteiger partial charge in [-0.05, 0) is 44.9 Å². The summed E-state index contributed by atoms with van der Waals surface area (Å²) < 4.78 is 17.0. The molecule has 0 aromatic rings. The van der Waals surface area contributed by atoms with Crippen LogP contribution in [-0.2, 0) is 28.6 Å². The van der Waals surface area contributed by atoms with E-state index in [0.29, 0.717) is 19.3 Å². The van der Waals surface area contributed by atoms with E-state index in [1.807, 2.05) is 0 Å². The lowest BCUT2D eigenvalue weighted by Gasteiger charge is -2.18. The zero-order valence-corrected chi connectivity index (χ0v) is 55.4. The molecule has 480 valence electrons. The quantitative estimate of drug-likeness (QED) is 0.0261. The first-order valence-corrected chi connectivity index (χ1v) is 37.2. The van der Waals surface area contributed by atoms with E-state index in [4.69, 9.17) is 14.2 Å². The van der Waals surface area contributed by atoms with Gasteiger partial charge in [-0.15, -0.1) is 0 Å². The van der Waals surface area contributed by atoms with E-state index in [1.54, 1.807) is 0 Å². The second kappa shape index (κ2) is 70.6. The molecule has 0 rings (SSSR count). The van der Waals surface area contributed by atoms with Gasteiger partial charge in [0.05, 0.1) is 0 Å². The SMILES string of the molecule is CCCCC/C=C\CCCCCCCC(=O)OCC(COC(=O)CCCCCCCCCCCCCCCCCCCCCCCCCCCC)OC(=O)CCCCCCCCCCCCCCCCCCCCCCCCCCC. The van der Waals surface area contributed by atoms with Gasteiger partial charge in [-0.3, -0.25) is 14.4 Å². The first kappa shape index (κ1) is 79.2. The van der Waals surface area contributed by atoms with Crippen LogP contribution in [0.2, 0.25) is 0 Å². The minimum atomic E-state index is -0.770. The maximum atomic E-state index is 13.0. The Balaban J connectivity index is 4.15. The summed E-state index contributed by atoms with van der Waals surface area (Å²) in [6.45, 7) is 6.71. The number of carbonyl (C=O) groups excluding carboxylic acids is 3. The fraction of sp³-hybridized carbons (Fsp3) is 0.933. The Bertz CT molecular complexity index is 1260. The topological polar surface area (TPSA) is 78.9 Å². The van der Waals surface area contributed by atoms with Crippen molar-refractivity contribution in [3.63, 3.8) is 0 Å². The minimum absolute atomic E-state index is 0.0656. The number of hydrogen-bond acceptors (Lipinski definition) is 6. The molecular weight excluding hydrogens is 997 g/mol. The molecule has 0 aliphatic rings. The zero-order valence-electron chi connectivity index (χ0n) is 55.4. The molecule has 0 fully saturated rings. The predicted molar refractivity (Wildman–Crippen MR) is 353 cm³/mol. The Morgan fingerprint density at radius 1 is 0.235 bits per heavy atom. The summed E-state index contributed by atoms with van der Waals surface area (Å²) in [5.41, 5.74) is 0. The van der Waals surface area contributed by atoms with Gasteiger partial charge in [0.2, 0.25) is 0 Å². The van der Waals surface area contributed by atoms with Gasteiger partial charge in [0.1, 0.15) is 13.2 Å². The minimum Gasteiger partial charge on any atom is -0.462 e. The molecular formula is C75H144O6. The van der Waals surface area contributed by atoms with E-state index >= 15 is 0 Å². The Kier molecular flexibility index (Phi) is 69.0. The third-order valence-electron chi connectivity index (χ3n) is 17.3. The monoisotopic (exact) mass is 1140 g/mol. The molecule has 0 bridgehead atoms. The standard InChI is InChI=1S/C75H144O6/c1-4-7-10-13-16-19-22-25-27-29-31-33-35-37-39-40-42-44-46-48-50-53-56-59-62-65-68-74(77)80-71-72(70-79-73(76)67-64-61-58-55-52-24-21-18-15-12-9-6-3)81-75(78)69-66-63-60-57-54-51-49-47-45-43-41-38-36-34-32-30-28-26-23-20-17-14-11-8-5-2/h18,21,72H,4-17,19-20,22-71H2,1-3H3/b21-18-. The molecule has 6 heteroatoms. The van der Waals surface area contributed by atoms with Crippen LogP contribution in [-0.4, -0.2) is 37.2 Å². The molecule has 0 heterocycles. The third-order valence-corrected chi connectivity index (χ3v) is 17.3. The Labute approximate surface area is 507 Å². The predicted octanol–water partition coefficient (Wildman–Crippen LogP) is 25.6. The van der Waals surface area contributed by atoms with Crippen molar-refractivity contribution in [2.75, 3.05) is 13.2 Å². The van der Waals surface area contributed by atoms with E-state index in [-0.39, 0.29) is 31.1 Å². The summed E-state index contributed by atoms with van der Waals surface area (Å²) in [5.74, 6) is -0.838. The summed E-state index contributed by atoms with van der Waals surface area (Å²) in [4.78, 5) is 38.4. The summed E-state index contributed by atoms with van der Waals surface area (Å²) in [7, 11) is 0. The van der Waals surface area contributed by atoms with Gasteiger partial charge in [-0.2, -0.15) is 0 Å². The van der Waals surface area contributed by atoms with Crippen LogP contribution in [0.1, 0.15) is 432 Å². The van der Waals surface area contributed by atoms with Crippen LogP contribution in [0.4, 0.5) is 0 Å². The summed E-state index contributed by atoms with van der Waals surface area (Å²) in [6.07, 6.45) is 85.5. The second-order valence-corrected chi connectivity index (χ2v) is 25.6. The second-order valence-electron chi connectivity index (χ2n) is 25.6. The number of esters is 3. The fourth-order valence-electron chi connectivity index (χ4n) is 11.7. The highest BCUT2D eigenvalue weighted by Crippen LogP contribution is 2.20. The van der Waals surface area contributed by atoms with E-state index in [2.05, 4.69) is 32.9 Å². The summed E-state index contributed by atoms with van der Waals surface area (Å²) in [6, 6.07) is 0. The van der Waals surface area contributed by atoms with E-state index < -0.39 is 6.10 Å². The lowest BCUT2D eigenvalue weighted by molar-refractivity contribution is -0.167. The third kappa shape index (κ3) is 68.8. The number of rotatable bonds is 70. The van der Waals surface area contributed by atoms with Crippen molar-refractivity contribution in [3.05, 3.63) is 12.2 Å². The van der Waals surface area contributed by atoms with Crippen molar-refractivity contribution < 1.29 is 28.6 Å². The first-order chi connectivity index (χ1) is 40.0. The van der Waals surface area contributed by atoms with Crippen molar-refractivity contribution in [2.24, 2.45) is 0 Å². The van der Waals surface area contributed by atoms with Crippen LogP contribution < -0.4 is 0 Å². The van der Waals surface area contributed by atoms with Crippen LogP contribution >= 0.6 is 0 Å². The average molecular weight is 1140 g/mol. The molecule has 0 spiro atoms. The number of unbranched alkanes of at least 4 members (excludes halogenated alkanes) is 57. The molecule has 0 N–H and O–H groups in total. The molecule has 0 amide bonds. The van der Waals surface area contributed by atoms with Gasteiger partial charge in [-0.25, -0.2) is 0 Å². The molecule has 81 heavy (non-hydrogen) atoms. The molecule has 0 aliphatic carbocycles. The van der Waals surface area contributed by atoms with Gasteiger partial charge in [-0.1, -0.05) is 380 Å². The number of hydrogen-bond donors (Lipinski definition) is 0. The van der Waals surface area contributed by atoms with E-state index in [1.165, 1.54) is 327 Å². The zero-order chi connectivity index (χ0) is 58.5. The smallest absolute Gasteiger partial charge is 0.306 e. The number of carbonyl (C=O) groups is 3. The lowest BCUT2D eigenvalue weighted by Crippen LogP contribution is -2.30. The number of allylic oxidation sites excluding steroid dienone is 2. The molecule has 0 radical (unpaired) electrons. The molecule has 0 saturated carbocycles. The van der Waals surface area contributed by atoms with Crippen molar-refractivity contribution in [3.8, 4) is 0 Å². The fourth-order valence-corrected chi connectivity index (χ4v) is 11.7. The molecule has 0 aromatic heterocycles. The van der Waals surface area contributed by atoms with Crippen molar-refractivity contribution in [1.29, 1.82) is 0 Å². The maximum absolute atomic E-state index is 13.0. The van der Waals surface area contributed by atoms with Crippen LogP contribution in [0.25, 0.3) is 0 Å². The van der Waals surface area contributed by atoms with Crippen LogP contribution in [0.3, 0.4) is 0 Å². The summed E-state index contributed by atoms with van der Waals surface area (Å²) in [5, 5.41) is 0. The van der Waals surface area contributed by atoms with E-state index in [0.717, 1.165) is 64.2 Å². The summed E-state index contributed by atoms with van der Waals surface area (Å²) >= 11 is 0. The molecule has 1 atom stereocenters. The van der Waals surface area contributed by atoms with Crippen LogP contribution in [0.15, 0.2) is 12.2 Å². The maximum Gasteiger partial charge on any atom is 0.306 e. The molecule has 0 aliphatic heterocycles. The molecule has 0 saturated heterocycles. The van der Waals surface area contributed by atoms with Gasteiger partial charge < -0.3 is 14.2 Å².